The third-order valence-electron chi connectivity index (χ3n) is 6.40. The number of rotatable bonds is 4. The Hall–Kier alpha value is -4.83. The molecule has 0 saturated carbocycles. The van der Waals surface area contributed by atoms with Gasteiger partial charge in [0.15, 0.2) is 11.6 Å². The van der Waals surface area contributed by atoms with Crippen LogP contribution in [0, 0.1) is 11.3 Å². The summed E-state index contributed by atoms with van der Waals surface area (Å²) >= 11 is 0. The molecule has 1 aromatic heterocycles. The van der Waals surface area contributed by atoms with E-state index in [-0.39, 0.29) is 29.3 Å². The standard InChI is InChI=1S/C29H20N2O5/c1-3-12-31-28(34)22(16(2)24(15-30)29(31)35)14-18-9-11-25(36-18)17-8-10-21-23(13-17)27(33)20-7-5-4-6-19(20)26(21)32/h4-11,13-14H,3,12H2,1-2H3. The van der Waals surface area contributed by atoms with Crippen molar-refractivity contribution < 1.29 is 23.6 Å². The summed E-state index contributed by atoms with van der Waals surface area (Å²) in [6.45, 7) is 3.62. The molecule has 1 aliphatic heterocycles. The molecule has 2 aliphatic rings. The molecule has 3 aromatic rings. The molecule has 0 bridgehead atoms. The van der Waals surface area contributed by atoms with Crippen LogP contribution in [0.4, 0.5) is 0 Å². The van der Waals surface area contributed by atoms with Crippen molar-refractivity contribution in [3.63, 3.8) is 0 Å². The molecular weight excluding hydrogens is 456 g/mol. The van der Waals surface area contributed by atoms with E-state index in [1.165, 1.54) is 6.08 Å². The number of benzene rings is 2. The van der Waals surface area contributed by atoms with Crippen molar-refractivity contribution in [2.75, 3.05) is 6.54 Å². The van der Waals surface area contributed by atoms with Gasteiger partial charge in [-0.15, -0.1) is 0 Å². The van der Waals surface area contributed by atoms with Gasteiger partial charge in [-0.2, -0.15) is 5.26 Å². The molecular formula is C29H20N2O5. The first-order valence-electron chi connectivity index (χ1n) is 11.5. The Labute approximate surface area is 206 Å². The van der Waals surface area contributed by atoms with Crippen LogP contribution in [0.5, 0.6) is 0 Å². The number of amides is 2. The summed E-state index contributed by atoms with van der Waals surface area (Å²) in [7, 11) is 0. The molecule has 0 atom stereocenters. The van der Waals surface area contributed by atoms with Crippen molar-refractivity contribution in [3.8, 4) is 17.4 Å². The summed E-state index contributed by atoms with van der Waals surface area (Å²) in [6.07, 6.45) is 2.08. The normalized spacial score (nSPS) is 16.4. The average molecular weight is 476 g/mol. The highest BCUT2D eigenvalue weighted by Crippen LogP contribution is 2.33. The van der Waals surface area contributed by atoms with Crippen molar-refractivity contribution in [1.29, 1.82) is 5.26 Å². The zero-order valence-corrected chi connectivity index (χ0v) is 19.6. The average Bonchev–Trinajstić information content (AvgIpc) is 3.36. The lowest BCUT2D eigenvalue weighted by Gasteiger charge is -2.26. The van der Waals surface area contributed by atoms with Crippen molar-refractivity contribution in [1.82, 2.24) is 4.90 Å². The zero-order chi connectivity index (χ0) is 25.6. The van der Waals surface area contributed by atoms with E-state index in [4.69, 9.17) is 4.42 Å². The number of carbonyl (C=O) groups is 4. The zero-order valence-electron chi connectivity index (χ0n) is 19.6. The van der Waals surface area contributed by atoms with Crippen LogP contribution >= 0.6 is 0 Å². The molecule has 0 N–H and O–H groups in total. The first-order chi connectivity index (χ1) is 17.3. The van der Waals surface area contributed by atoms with Gasteiger partial charge in [-0.05, 0) is 49.3 Å². The second kappa shape index (κ2) is 8.75. The first-order valence-corrected chi connectivity index (χ1v) is 11.5. The van der Waals surface area contributed by atoms with E-state index in [0.29, 0.717) is 51.3 Å². The van der Waals surface area contributed by atoms with Crippen LogP contribution in [0.25, 0.3) is 17.4 Å². The van der Waals surface area contributed by atoms with Crippen molar-refractivity contribution in [3.05, 3.63) is 99.3 Å². The third-order valence-corrected chi connectivity index (χ3v) is 6.40. The topological polar surface area (TPSA) is 108 Å². The van der Waals surface area contributed by atoms with Gasteiger partial charge in [0.05, 0.1) is 0 Å². The maximum Gasteiger partial charge on any atom is 0.271 e. The Kier molecular flexibility index (Phi) is 5.57. The van der Waals surface area contributed by atoms with Gasteiger partial charge in [-0.25, -0.2) is 0 Å². The maximum atomic E-state index is 13.1. The van der Waals surface area contributed by atoms with Crippen molar-refractivity contribution in [2.45, 2.75) is 20.3 Å². The number of nitrogens with zero attached hydrogens (tertiary/aromatic N) is 2. The number of nitriles is 1. The number of hydrogen-bond acceptors (Lipinski definition) is 6. The molecule has 7 heteroatoms. The summed E-state index contributed by atoms with van der Waals surface area (Å²) < 4.78 is 5.95. The van der Waals surface area contributed by atoms with Gasteiger partial charge in [0.1, 0.15) is 23.2 Å². The molecule has 0 fully saturated rings. The minimum absolute atomic E-state index is 0.0702. The van der Waals surface area contributed by atoms with E-state index in [0.717, 1.165) is 4.90 Å². The van der Waals surface area contributed by atoms with E-state index in [2.05, 4.69) is 0 Å². The van der Waals surface area contributed by atoms with Gasteiger partial charge in [-0.1, -0.05) is 37.3 Å². The van der Waals surface area contributed by atoms with E-state index in [1.807, 2.05) is 13.0 Å². The Balaban J connectivity index is 1.52. The maximum absolute atomic E-state index is 13.1. The summed E-state index contributed by atoms with van der Waals surface area (Å²) in [6, 6.07) is 17.0. The summed E-state index contributed by atoms with van der Waals surface area (Å²) in [5.74, 6) is -0.706. The van der Waals surface area contributed by atoms with Gasteiger partial charge in [0.2, 0.25) is 0 Å². The largest absolute Gasteiger partial charge is 0.457 e. The van der Waals surface area contributed by atoms with Gasteiger partial charge in [0, 0.05) is 39.9 Å². The summed E-state index contributed by atoms with van der Waals surface area (Å²) in [5.41, 5.74) is 2.45. The fourth-order valence-corrected chi connectivity index (χ4v) is 4.54. The number of hydrogen-bond donors (Lipinski definition) is 0. The predicted octanol–water partition coefficient (Wildman–Crippen LogP) is 4.72. The van der Waals surface area contributed by atoms with E-state index >= 15 is 0 Å². The minimum atomic E-state index is -0.589. The number of imide groups is 1. The highest BCUT2D eigenvalue weighted by molar-refractivity contribution is 6.28. The van der Waals surface area contributed by atoms with Gasteiger partial charge >= 0.3 is 0 Å². The molecule has 2 aromatic carbocycles. The lowest BCUT2D eigenvalue weighted by Crippen LogP contribution is -2.43. The van der Waals surface area contributed by atoms with Crippen molar-refractivity contribution >= 4 is 29.5 Å². The van der Waals surface area contributed by atoms with Crippen LogP contribution in [-0.2, 0) is 9.59 Å². The van der Waals surface area contributed by atoms with Gasteiger partial charge < -0.3 is 4.42 Å². The Morgan fingerprint density at radius 1 is 0.889 bits per heavy atom. The molecule has 0 radical (unpaired) electrons. The third kappa shape index (κ3) is 3.51. The van der Waals surface area contributed by atoms with Gasteiger partial charge in [-0.3, -0.25) is 24.1 Å². The predicted molar refractivity (Wildman–Crippen MR) is 131 cm³/mol. The smallest absolute Gasteiger partial charge is 0.271 e. The highest BCUT2D eigenvalue weighted by atomic mass is 16.3. The monoisotopic (exact) mass is 476 g/mol. The Morgan fingerprint density at radius 2 is 1.56 bits per heavy atom. The van der Waals surface area contributed by atoms with Crippen molar-refractivity contribution in [2.24, 2.45) is 0 Å². The molecule has 0 saturated heterocycles. The highest BCUT2D eigenvalue weighted by Gasteiger charge is 2.35. The fraction of sp³-hybridized carbons (Fsp3) is 0.138. The van der Waals surface area contributed by atoms with Crippen LogP contribution < -0.4 is 0 Å². The molecule has 1 aliphatic carbocycles. The molecule has 0 unspecified atom stereocenters. The molecule has 36 heavy (non-hydrogen) atoms. The summed E-state index contributed by atoms with van der Waals surface area (Å²) in [5, 5.41) is 9.47. The molecule has 2 amide bonds. The molecule has 2 heterocycles. The number of fused-ring (bicyclic) bond motifs is 2. The first kappa shape index (κ1) is 22.9. The molecule has 0 spiro atoms. The van der Waals surface area contributed by atoms with E-state index in [9.17, 15) is 24.4 Å². The van der Waals surface area contributed by atoms with Crippen LogP contribution in [0.3, 0.4) is 0 Å². The van der Waals surface area contributed by atoms with Crippen LogP contribution in [0.15, 0.2) is 75.7 Å². The summed E-state index contributed by atoms with van der Waals surface area (Å²) in [4.78, 5) is 52.5. The SMILES string of the molecule is CCCN1C(=O)C(=Cc2ccc(-c3ccc4c(c3)C(=O)c3ccccc3C4=O)o2)C(C)=C(C#N)C1=O. The fourth-order valence-electron chi connectivity index (χ4n) is 4.54. The quantitative estimate of drug-likeness (QED) is 0.311. The molecule has 5 rings (SSSR count). The van der Waals surface area contributed by atoms with Gasteiger partial charge in [0.25, 0.3) is 11.8 Å². The number of furan rings is 1. The number of carbonyl (C=O) groups excluding carboxylic acids is 4. The number of ketones is 2. The molecule has 176 valence electrons. The Morgan fingerprint density at radius 3 is 2.22 bits per heavy atom. The lowest BCUT2D eigenvalue weighted by atomic mass is 9.83. The second-order valence-corrected chi connectivity index (χ2v) is 8.60. The van der Waals surface area contributed by atoms with E-state index in [1.54, 1.807) is 61.5 Å². The Bertz CT molecular complexity index is 1600. The molecule has 7 nitrogen and oxygen atoms in total. The van der Waals surface area contributed by atoms with Crippen LogP contribution in [0.2, 0.25) is 0 Å². The minimum Gasteiger partial charge on any atom is -0.457 e. The lowest BCUT2D eigenvalue weighted by molar-refractivity contribution is -0.140. The van der Waals surface area contributed by atoms with Crippen LogP contribution in [0.1, 0.15) is 57.9 Å². The second-order valence-electron chi connectivity index (χ2n) is 8.60. The van der Waals surface area contributed by atoms with E-state index < -0.39 is 11.8 Å². The van der Waals surface area contributed by atoms with Crippen LogP contribution in [-0.4, -0.2) is 34.8 Å².